The molecular formula is C8H16O4. The minimum atomic E-state index is -0.853. The van der Waals surface area contributed by atoms with Gasteiger partial charge in [0.15, 0.2) is 0 Å². The summed E-state index contributed by atoms with van der Waals surface area (Å²) in [4.78, 5) is 0. The summed E-state index contributed by atoms with van der Waals surface area (Å²) >= 11 is 0. The molecule has 0 amide bonds. The fourth-order valence-electron chi connectivity index (χ4n) is 1.53. The van der Waals surface area contributed by atoms with Crippen molar-refractivity contribution in [3.05, 3.63) is 0 Å². The smallest absolute Gasteiger partial charge is 0.106 e. The van der Waals surface area contributed by atoms with Crippen molar-refractivity contribution >= 4 is 0 Å². The van der Waals surface area contributed by atoms with Gasteiger partial charge in [0.2, 0.25) is 0 Å². The van der Waals surface area contributed by atoms with Crippen LogP contribution in [0.15, 0.2) is 0 Å². The number of rotatable bonds is 2. The van der Waals surface area contributed by atoms with E-state index in [1.807, 2.05) is 6.92 Å². The number of aliphatic hydroxyl groups is 3. The second-order valence-corrected chi connectivity index (χ2v) is 3.29. The van der Waals surface area contributed by atoms with Crippen molar-refractivity contribution in [1.82, 2.24) is 0 Å². The van der Waals surface area contributed by atoms with E-state index in [1.54, 1.807) is 0 Å². The summed E-state index contributed by atoms with van der Waals surface area (Å²) in [7, 11) is 0. The Morgan fingerprint density at radius 1 is 1.42 bits per heavy atom. The third-order valence-corrected chi connectivity index (χ3v) is 2.17. The number of hydrogen-bond acceptors (Lipinski definition) is 4. The molecule has 0 aromatic rings. The number of ether oxygens (including phenoxy) is 1. The third-order valence-electron chi connectivity index (χ3n) is 2.17. The van der Waals surface area contributed by atoms with Crippen molar-refractivity contribution in [2.45, 2.75) is 44.2 Å². The highest BCUT2D eigenvalue weighted by atomic mass is 16.5. The molecule has 12 heavy (non-hydrogen) atoms. The molecular weight excluding hydrogens is 160 g/mol. The van der Waals surface area contributed by atoms with Crippen molar-refractivity contribution < 1.29 is 20.1 Å². The first-order valence-electron chi connectivity index (χ1n) is 4.27. The second-order valence-electron chi connectivity index (χ2n) is 3.29. The Balaban J connectivity index is 2.47. The molecule has 1 fully saturated rings. The Labute approximate surface area is 71.8 Å². The predicted octanol–water partition coefficient (Wildman–Crippen LogP) is -0.732. The maximum atomic E-state index is 9.40. The highest BCUT2D eigenvalue weighted by molar-refractivity contribution is 4.83. The Bertz CT molecular complexity index is 139. The molecule has 1 aliphatic rings. The molecule has 4 nitrogen and oxygen atoms in total. The summed E-state index contributed by atoms with van der Waals surface area (Å²) in [5.41, 5.74) is 0. The van der Waals surface area contributed by atoms with E-state index >= 15 is 0 Å². The van der Waals surface area contributed by atoms with Crippen molar-refractivity contribution in [2.24, 2.45) is 0 Å². The number of hydrogen-bond donors (Lipinski definition) is 3. The van der Waals surface area contributed by atoms with Crippen molar-refractivity contribution in [3.8, 4) is 0 Å². The average molecular weight is 176 g/mol. The lowest BCUT2D eigenvalue weighted by Crippen LogP contribution is -2.47. The lowest BCUT2D eigenvalue weighted by molar-refractivity contribution is -0.167. The Morgan fingerprint density at radius 3 is 2.67 bits per heavy atom. The molecule has 72 valence electrons. The molecule has 0 unspecified atom stereocenters. The topological polar surface area (TPSA) is 69.9 Å². The zero-order valence-electron chi connectivity index (χ0n) is 7.18. The van der Waals surface area contributed by atoms with E-state index in [0.717, 1.165) is 0 Å². The molecule has 4 atom stereocenters. The molecule has 0 aromatic carbocycles. The maximum absolute atomic E-state index is 9.40. The summed E-state index contributed by atoms with van der Waals surface area (Å²) in [5, 5.41) is 27.4. The van der Waals surface area contributed by atoms with E-state index in [1.165, 1.54) is 0 Å². The Kier molecular flexibility index (Phi) is 3.46. The molecule has 4 heteroatoms. The first-order valence-corrected chi connectivity index (χ1v) is 4.27. The molecule has 0 aromatic heterocycles. The third kappa shape index (κ3) is 2.17. The maximum Gasteiger partial charge on any atom is 0.106 e. The van der Waals surface area contributed by atoms with Gasteiger partial charge >= 0.3 is 0 Å². The van der Waals surface area contributed by atoms with Gasteiger partial charge in [0.05, 0.1) is 18.3 Å². The fraction of sp³-hybridized carbons (Fsp3) is 1.00. The van der Waals surface area contributed by atoms with Gasteiger partial charge in [-0.3, -0.25) is 0 Å². The molecule has 1 aliphatic heterocycles. The van der Waals surface area contributed by atoms with Crippen LogP contribution < -0.4 is 0 Å². The van der Waals surface area contributed by atoms with Gasteiger partial charge < -0.3 is 20.1 Å². The summed E-state index contributed by atoms with van der Waals surface area (Å²) in [6, 6.07) is 0. The van der Waals surface area contributed by atoms with Crippen LogP contribution in [0.1, 0.15) is 19.8 Å². The summed E-state index contributed by atoms with van der Waals surface area (Å²) in [6.07, 6.45) is -1.20. The van der Waals surface area contributed by atoms with Gasteiger partial charge in [-0.2, -0.15) is 0 Å². The van der Waals surface area contributed by atoms with Crippen LogP contribution in [0.3, 0.4) is 0 Å². The average Bonchev–Trinajstić information content (AvgIpc) is 2.00. The van der Waals surface area contributed by atoms with Crippen molar-refractivity contribution in [3.63, 3.8) is 0 Å². The van der Waals surface area contributed by atoms with Gasteiger partial charge in [0.25, 0.3) is 0 Å². The van der Waals surface area contributed by atoms with Crippen molar-refractivity contribution in [1.29, 1.82) is 0 Å². The molecule has 0 aliphatic carbocycles. The second kappa shape index (κ2) is 4.18. The molecule has 1 saturated heterocycles. The van der Waals surface area contributed by atoms with Crippen LogP contribution in [0.25, 0.3) is 0 Å². The van der Waals surface area contributed by atoms with Crippen LogP contribution in [0.2, 0.25) is 0 Å². The minimum Gasteiger partial charge on any atom is -0.396 e. The quantitative estimate of drug-likeness (QED) is 0.518. The van der Waals surface area contributed by atoms with Gasteiger partial charge in [-0.15, -0.1) is 0 Å². The first kappa shape index (κ1) is 9.92. The van der Waals surface area contributed by atoms with Gasteiger partial charge in [-0.25, -0.2) is 0 Å². The van der Waals surface area contributed by atoms with E-state index in [4.69, 9.17) is 9.84 Å². The summed E-state index contributed by atoms with van der Waals surface area (Å²) in [5.74, 6) is 0. The molecule has 0 saturated carbocycles. The van der Waals surface area contributed by atoms with Gasteiger partial charge in [0, 0.05) is 13.0 Å². The first-order chi connectivity index (χ1) is 5.65. The highest BCUT2D eigenvalue weighted by Crippen LogP contribution is 2.21. The van der Waals surface area contributed by atoms with Gasteiger partial charge in [-0.05, 0) is 13.3 Å². The van der Waals surface area contributed by atoms with E-state index < -0.39 is 18.3 Å². The largest absolute Gasteiger partial charge is 0.396 e. The van der Waals surface area contributed by atoms with Crippen LogP contribution in [-0.4, -0.2) is 46.3 Å². The lowest BCUT2D eigenvalue weighted by atomic mass is 9.97. The van der Waals surface area contributed by atoms with Crippen LogP contribution in [-0.2, 0) is 4.74 Å². The van der Waals surface area contributed by atoms with Crippen LogP contribution >= 0.6 is 0 Å². The Hall–Kier alpha value is -0.160. The molecule has 0 spiro atoms. The molecule has 0 bridgehead atoms. The van der Waals surface area contributed by atoms with Gasteiger partial charge in [0.1, 0.15) is 6.10 Å². The normalized spacial score (nSPS) is 43.0. The molecule has 1 rings (SSSR count). The molecule has 0 radical (unpaired) electrons. The zero-order chi connectivity index (χ0) is 9.14. The van der Waals surface area contributed by atoms with E-state index in [9.17, 15) is 10.2 Å². The summed E-state index contributed by atoms with van der Waals surface area (Å²) in [6.45, 7) is 1.82. The Morgan fingerprint density at radius 2 is 2.08 bits per heavy atom. The van der Waals surface area contributed by atoms with Crippen LogP contribution in [0.5, 0.6) is 0 Å². The van der Waals surface area contributed by atoms with Crippen LogP contribution in [0.4, 0.5) is 0 Å². The van der Waals surface area contributed by atoms with E-state index in [-0.39, 0.29) is 12.7 Å². The van der Waals surface area contributed by atoms with Crippen molar-refractivity contribution in [2.75, 3.05) is 6.61 Å². The summed E-state index contributed by atoms with van der Waals surface area (Å²) < 4.78 is 5.34. The monoisotopic (exact) mass is 176 g/mol. The number of aliphatic hydroxyl groups excluding tert-OH is 3. The minimum absolute atomic E-state index is 0.0266. The predicted molar refractivity (Wildman–Crippen MR) is 42.7 cm³/mol. The zero-order valence-corrected chi connectivity index (χ0v) is 7.18. The van der Waals surface area contributed by atoms with Gasteiger partial charge in [-0.1, -0.05) is 0 Å². The SMILES string of the molecule is C[C@@H]1C[C@@H](O)[C@@H](O)[C@@H](CCO)O1. The lowest BCUT2D eigenvalue weighted by Gasteiger charge is -2.35. The molecule has 1 heterocycles. The molecule has 3 N–H and O–H groups in total. The van der Waals surface area contributed by atoms with E-state index in [2.05, 4.69) is 0 Å². The van der Waals surface area contributed by atoms with Crippen LogP contribution in [0, 0.1) is 0 Å². The highest BCUT2D eigenvalue weighted by Gasteiger charge is 2.34. The van der Waals surface area contributed by atoms with E-state index in [0.29, 0.717) is 12.8 Å². The standard InChI is InChI=1S/C8H16O4/c1-5-4-6(10)8(11)7(12-5)2-3-9/h5-11H,2-4H2,1H3/t5-,6-,7-,8-/m1/s1. The fourth-order valence-corrected chi connectivity index (χ4v) is 1.53.